The van der Waals surface area contributed by atoms with Crippen molar-refractivity contribution in [1.29, 1.82) is 0 Å². The van der Waals surface area contributed by atoms with E-state index in [9.17, 15) is 0 Å². The van der Waals surface area contributed by atoms with Crippen molar-refractivity contribution in [2.45, 2.75) is 25.7 Å². The van der Waals surface area contributed by atoms with Gasteiger partial charge in [-0.3, -0.25) is 9.97 Å². The molecular formula is C26H26N4. The Morgan fingerprint density at radius 2 is 1.17 bits per heavy atom. The largest absolute Gasteiger partial charge is 0.372 e. The fraction of sp³-hybridized carbons (Fsp3) is 0.308. The van der Waals surface area contributed by atoms with E-state index in [1.54, 1.807) is 0 Å². The highest BCUT2D eigenvalue weighted by atomic mass is 15.1. The first-order chi connectivity index (χ1) is 14.9. The number of fused-ring (bicyclic) bond motifs is 3. The van der Waals surface area contributed by atoms with E-state index >= 15 is 0 Å². The van der Waals surface area contributed by atoms with E-state index in [4.69, 9.17) is 9.97 Å². The molecule has 0 atom stereocenters. The highest BCUT2D eigenvalue weighted by Crippen LogP contribution is 2.36. The summed E-state index contributed by atoms with van der Waals surface area (Å²) in [4.78, 5) is 14.5. The molecule has 4 heterocycles. The monoisotopic (exact) mass is 394 g/mol. The molecule has 2 aromatic carbocycles. The molecule has 0 saturated carbocycles. The van der Waals surface area contributed by atoms with Crippen LogP contribution in [0.4, 0.5) is 11.4 Å². The number of pyridine rings is 2. The number of hydrogen-bond donors (Lipinski definition) is 0. The molecule has 2 aliphatic rings. The predicted octanol–water partition coefficient (Wildman–Crippen LogP) is 5.65. The number of rotatable bonds is 3. The first-order valence-corrected chi connectivity index (χ1v) is 11.2. The zero-order valence-electron chi connectivity index (χ0n) is 17.2. The number of anilines is 2. The summed E-state index contributed by atoms with van der Waals surface area (Å²) in [6.07, 6.45) is 9.01. The topological polar surface area (TPSA) is 32.3 Å². The van der Waals surface area contributed by atoms with Crippen LogP contribution >= 0.6 is 0 Å². The van der Waals surface area contributed by atoms with Crippen LogP contribution in [0, 0.1) is 0 Å². The van der Waals surface area contributed by atoms with Crippen LogP contribution in [0.3, 0.4) is 0 Å². The van der Waals surface area contributed by atoms with E-state index in [1.165, 1.54) is 72.0 Å². The molecule has 4 nitrogen and oxygen atoms in total. The van der Waals surface area contributed by atoms with Gasteiger partial charge in [0, 0.05) is 60.7 Å². The zero-order valence-corrected chi connectivity index (χ0v) is 17.2. The smallest absolute Gasteiger partial charge is 0.0985 e. The van der Waals surface area contributed by atoms with Gasteiger partial charge in [-0.2, -0.15) is 0 Å². The number of nitrogens with zero attached hydrogens (tertiary/aromatic N) is 4. The van der Waals surface area contributed by atoms with Crippen molar-refractivity contribution in [3.05, 3.63) is 60.9 Å². The van der Waals surface area contributed by atoms with E-state index in [-0.39, 0.29) is 0 Å². The molecule has 2 aliphatic heterocycles. The first-order valence-electron chi connectivity index (χ1n) is 11.2. The van der Waals surface area contributed by atoms with Crippen molar-refractivity contribution in [1.82, 2.24) is 9.97 Å². The summed E-state index contributed by atoms with van der Waals surface area (Å²) in [7, 11) is 0. The van der Waals surface area contributed by atoms with Crippen LogP contribution in [0.1, 0.15) is 25.7 Å². The van der Waals surface area contributed by atoms with Crippen molar-refractivity contribution in [3.63, 3.8) is 0 Å². The van der Waals surface area contributed by atoms with Gasteiger partial charge in [0.15, 0.2) is 0 Å². The van der Waals surface area contributed by atoms with Gasteiger partial charge >= 0.3 is 0 Å². The van der Waals surface area contributed by atoms with E-state index in [0.29, 0.717) is 0 Å². The summed E-state index contributed by atoms with van der Waals surface area (Å²) in [6.45, 7) is 4.62. The Hall–Kier alpha value is -3.14. The molecular weight excluding hydrogens is 368 g/mol. The molecule has 0 N–H and O–H groups in total. The maximum absolute atomic E-state index is 4.75. The van der Waals surface area contributed by atoms with Crippen molar-refractivity contribution < 1.29 is 0 Å². The maximum Gasteiger partial charge on any atom is 0.0985 e. The Kier molecular flexibility index (Phi) is 4.29. The molecule has 30 heavy (non-hydrogen) atoms. The number of aromatic nitrogens is 2. The normalized spacial score (nSPS) is 16.8. The lowest BCUT2D eigenvalue weighted by Crippen LogP contribution is -2.17. The van der Waals surface area contributed by atoms with Gasteiger partial charge in [-0.15, -0.1) is 0 Å². The maximum atomic E-state index is 4.75. The molecule has 0 amide bonds. The molecule has 2 saturated heterocycles. The molecule has 4 heteroatoms. The fourth-order valence-electron chi connectivity index (χ4n) is 5.13. The summed E-state index contributed by atoms with van der Waals surface area (Å²) >= 11 is 0. The van der Waals surface area contributed by atoms with Gasteiger partial charge in [0.25, 0.3) is 0 Å². The van der Waals surface area contributed by atoms with Crippen LogP contribution in [-0.4, -0.2) is 36.1 Å². The summed E-state index contributed by atoms with van der Waals surface area (Å²) in [6, 6.07) is 17.8. The third-order valence-corrected chi connectivity index (χ3v) is 6.69. The minimum absolute atomic E-state index is 0.995. The molecule has 6 rings (SSSR count). The van der Waals surface area contributed by atoms with Crippen molar-refractivity contribution >= 4 is 33.2 Å². The molecule has 150 valence electrons. The quantitative estimate of drug-likeness (QED) is 0.420. The van der Waals surface area contributed by atoms with Gasteiger partial charge < -0.3 is 9.80 Å². The lowest BCUT2D eigenvalue weighted by atomic mass is 9.99. The van der Waals surface area contributed by atoms with Crippen molar-refractivity contribution in [2.24, 2.45) is 0 Å². The van der Waals surface area contributed by atoms with Crippen molar-refractivity contribution in [2.75, 3.05) is 36.0 Å². The minimum atomic E-state index is 0.995. The van der Waals surface area contributed by atoms with Gasteiger partial charge in [-0.05, 0) is 67.1 Å². The summed E-state index contributed by atoms with van der Waals surface area (Å²) in [5.74, 6) is 0. The summed E-state index contributed by atoms with van der Waals surface area (Å²) < 4.78 is 0. The van der Waals surface area contributed by atoms with Crippen LogP contribution in [0.25, 0.3) is 32.9 Å². The molecule has 0 bridgehead atoms. The van der Waals surface area contributed by atoms with Crippen LogP contribution < -0.4 is 9.80 Å². The van der Waals surface area contributed by atoms with Crippen LogP contribution in [0.5, 0.6) is 0 Å². The standard InChI is InChI=1S/C26H26N4/c1-2-16-29(15-1)20-7-5-19(6-8-20)21-11-13-27-25-22(21)9-10-23-24(12-14-28-26(23)25)30-17-3-4-18-30/h5-14H,1-4,15-18H2. The number of benzene rings is 2. The van der Waals surface area contributed by atoms with E-state index < -0.39 is 0 Å². The molecule has 2 fully saturated rings. The average Bonchev–Trinajstić information content (AvgIpc) is 3.53. The lowest BCUT2D eigenvalue weighted by Gasteiger charge is -2.20. The van der Waals surface area contributed by atoms with Crippen LogP contribution in [0.15, 0.2) is 60.9 Å². The second-order valence-electron chi connectivity index (χ2n) is 8.48. The third-order valence-electron chi connectivity index (χ3n) is 6.69. The van der Waals surface area contributed by atoms with E-state index in [0.717, 1.165) is 24.1 Å². The van der Waals surface area contributed by atoms with E-state index in [1.807, 2.05) is 12.4 Å². The molecule has 0 radical (unpaired) electrons. The summed E-state index contributed by atoms with van der Waals surface area (Å²) in [5, 5.41) is 2.38. The highest BCUT2D eigenvalue weighted by molar-refractivity contribution is 6.11. The first kappa shape index (κ1) is 17.7. The van der Waals surface area contributed by atoms with Gasteiger partial charge in [0.1, 0.15) is 0 Å². The van der Waals surface area contributed by atoms with Gasteiger partial charge in [-0.1, -0.05) is 18.2 Å². The third kappa shape index (κ3) is 2.90. The molecule has 4 aromatic rings. The van der Waals surface area contributed by atoms with Crippen LogP contribution in [0.2, 0.25) is 0 Å². The Balaban J connectivity index is 1.46. The molecule has 0 aliphatic carbocycles. The fourth-order valence-corrected chi connectivity index (χ4v) is 5.13. The zero-order chi connectivity index (χ0) is 19.9. The molecule has 0 unspecified atom stereocenters. The SMILES string of the molecule is c1cc(-c2ccc(N3CCCC3)cc2)c2ccc3c(N4CCCC4)ccnc3c2n1. The Bertz CT molecular complexity index is 1200. The average molecular weight is 395 g/mol. The van der Waals surface area contributed by atoms with Crippen LogP contribution in [-0.2, 0) is 0 Å². The van der Waals surface area contributed by atoms with Crippen molar-refractivity contribution in [3.8, 4) is 11.1 Å². The Morgan fingerprint density at radius 3 is 1.90 bits per heavy atom. The Morgan fingerprint density at radius 1 is 0.567 bits per heavy atom. The van der Waals surface area contributed by atoms with Gasteiger partial charge in [0.05, 0.1) is 11.0 Å². The van der Waals surface area contributed by atoms with E-state index in [2.05, 4.69) is 58.3 Å². The second kappa shape index (κ2) is 7.28. The lowest BCUT2D eigenvalue weighted by molar-refractivity contribution is 0.949. The molecule has 2 aromatic heterocycles. The molecule has 0 spiro atoms. The highest BCUT2D eigenvalue weighted by Gasteiger charge is 2.17. The van der Waals surface area contributed by atoms with Gasteiger partial charge in [0.2, 0.25) is 0 Å². The number of hydrogen-bond acceptors (Lipinski definition) is 4. The Labute approximate surface area is 177 Å². The predicted molar refractivity (Wildman–Crippen MR) is 125 cm³/mol. The summed E-state index contributed by atoms with van der Waals surface area (Å²) in [5.41, 5.74) is 7.09. The second-order valence-corrected chi connectivity index (χ2v) is 8.48. The van der Waals surface area contributed by atoms with Gasteiger partial charge in [-0.25, -0.2) is 0 Å². The minimum Gasteiger partial charge on any atom is -0.372 e.